The molecule has 0 aliphatic carbocycles. The summed E-state index contributed by atoms with van der Waals surface area (Å²) in [5.74, 6) is 0.968. The first-order chi connectivity index (χ1) is 13.2. The number of halogens is 1. The maximum Gasteiger partial charge on any atom is 0.236 e. The van der Waals surface area contributed by atoms with E-state index in [0.717, 1.165) is 41.5 Å². The van der Waals surface area contributed by atoms with E-state index in [0.29, 0.717) is 9.70 Å². The molecule has 27 heavy (non-hydrogen) atoms. The summed E-state index contributed by atoms with van der Waals surface area (Å²) in [6.45, 7) is 2.93. The Morgan fingerprint density at radius 2 is 2.26 bits per heavy atom. The van der Waals surface area contributed by atoms with Gasteiger partial charge in [-0.25, -0.2) is 0 Å². The molecule has 6 nitrogen and oxygen atoms in total. The molecule has 1 amide bonds. The Labute approximate surface area is 179 Å². The number of thiophene rings is 1. The van der Waals surface area contributed by atoms with Crippen molar-refractivity contribution in [3.05, 3.63) is 29.6 Å². The van der Waals surface area contributed by atoms with Crippen molar-refractivity contribution in [2.24, 2.45) is 0 Å². The largest absolute Gasteiger partial charge is 0.330 e. The number of carbonyl (C=O) groups excluding carboxylic acids is 1. The molecule has 0 saturated carbocycles. The van der Waals surface area contributed by atoms with E-state index in [1.54, 1.807) is 15.9 Å². The number of alkyl halides is 1. The Kier molecular flexibility index (Phi) is 5.98. The number of rotatable bonds is 5. The van der Waals surface area contributed by atoms with Crippen LogP contribution < -0.4 is 0 Å². The molecule has 1 fully saturated rings. The van der Waals surface area contributed by atoms with Crippen LogP contribution in [0.5, 0.6) is 0 Å². The van der Waals surface area contributed by atoms with Crippen LogP contribution in [0.25, 0.3) is 16.3 Å². The monoisotopic (exact) mass is 513 g/mol. The molecule has 0 aromatic carbocycles. The summed E-state index contributed by atoms with van der Waals surface area (Å²) in [6, 6.07) is 7.85. The summed E-state index contributed by atoms with van der Waals surface area (Å²) in [7, 11) is 0. The molecule has 4 rings (SSSR count). The molecule has 3 aromatic heterocycles. The number of amides is 1. The number of piperidine rings is 1. The zero-order valence-corrected chi connectivity index (χ0v) is 18.7. The van der Waals surface area contributed by atoms with Crippen LogP contribution in [0, 0.1) is 0 Å². The Balaban J connectivity index is 1.58. The van der Waals surface area contributed by atoms with Gasteiger partial charge >= 0.3 is 0 Å². The molecule has 9 heteroatoms. The van der Waals surface area contributed by atoms with Gasteiger partial charge in [-0.15, -0.1) is 21.5 Å². The Bertz CT molecular complexity index is 929. The fourth-order valence-corrected chi connectivity index (χ4v) is 5.83. The van der Waals surface area contributed by atoms with Gasteiger partial charge < -0.3 is 4.90 Å². The van der Waals surface area contributed by atoms with Crippen LogP contribution in [0.15, 0.2) is 34.7 Å². The van der Waals surface area contributed by atoms with Gasteiger partial charge in [0.1, 0.15) is 5.03 Å². The molecule has 4 heterocycles. The number of carbonyl (C=O) groups is 1. The standard InChI is InChI=1S/C18H20IN5OS2/c1-2-12(18(25)23-10-4-3-7-14(23)19)27-16-9-8-15-20-21-17(24(15)22-16)13-6-5-11-26-13/h5-6,8-9,11-12,14H,2-4,7,10H2,1H3/t12?,14-/m0/s1. The van der Waals surface area contributed by atoms with Crippen LogP contribution in [0.2, 0.25) is 0 Å². The second-order valence-corrected chi connectivity index (χ2v) is 10.0. The highest BCUT2D eigenvalue weighted by atomic mass is 127. The predicted molar refractivity (Wildman–Crippen MR) is 117 cm³/mol. The van der Waals surface area contributed by atoms with Crippen LogP contribution in [0.4, 0.5) is 0 Å². The molecule has 0 bridgehead atoms. The molecule has 1 aliphatic heterocycles. The van der Waals surface area contributed by atoms with E-state index >= 15 is 0 Å². The number of fused-ring (bicyclic) bond motifs is 1. The third kappa shape index (κ3) is 4.00. The SMILES string of the molecule is CCC(Sc1ccc2nnc(-c3cccs3)n2n1)C(=O)N1CCCC[C@H]1I. The van der Waals surface area contributed by atoms with Gasteiger partial charge in [0.05, 0.1) is 14.2 Å². The molecule has 1 saturated heterocycles. The highest BCUT2D eigenvalue weighted by Crippen LogP contribution is 2.30. The van der Waals surface area contributed by atoms with Crippen LogP contribution in [0.3, 0.4) is 0 Å². The molecule has 0 N–H and O–H groups in total. The van der Waals surface area contributed by atoms with Crippen LogP contribution in [-0.4, -0.2) is 46.5 Å². The summed E-state index contributed by atoms with van der Waals surface area (Å²) < 4.78 is 2.07. The Morgan fingerprint density at radius 3 is 3.00 bits per heavy atom. The number of likely N-dealkylation sites (tertiary alicyclic amines) is 1. The number of thioether (sulfide) groups is 1. The lowest BCUT2D eigenvalue weighted by atomic mass is 10.1. The molecule has 2 atom stereocenters. The average molecular weight is 513 g/mol. The van der Waals surface area contributed by atoms with E-state index in [1.165, 1.54) is 18.2 Å². The van der Waals surface area contributed by atoms with E-state index in [1.807, 2.05) is 34.5 Å². The molecular formula is C18H20IN5OS2. The van der Waals surface area contributed by atoms with Crippen molar-refractivity contribution < 1.29 is 4.79 Å². The fraction of sp³-hybridized carbons (Fsp3) is 0.444. The quantitative estimate of drug-likeness (QED) is 0.218. The molecule has 142 valence electrons. The summed E-state index contributed by atoms with van der Waals surface area (Å²) in [4.78, 5) is 16.1. The van der Waals surface area contributed by atoms with Crippen molar-refractivity contribution in [3.8, 4) is 10.7 Å². The average Bonchev–Trinajstić information content (AvgIpc) is 3.35. The number of nitrogens with zero attached hydrogens (tertiary/aromatic N) is 5. The van der Waals surface area contributed by atoms with Gasteiger partial charge in [-0.2, -0.15) is 9.61 Å². The molecule has 3 aromatic rings. The van der Waals surface area contributed by atoms with Crippen LogP contribution in [0.1, 0.15) is 32.6 Å². The van der Waals surface area contributed by atoms with Gasteiger partial charge in [0.15, 0.2) is 11.5 Å². The van der Waals surface area contributed by atoms with Gasteiger partial charge in [0.2, 0.25) is 5.91 Å². The Morgan fingerprint density at radius 1 is 1.37 bits per heavy atom. The summed E-state index contributed by atoms with van der Waals surface area (Å²) >= 11 is 5.55. The first-order valence-corrected chi connectivity index (χ1v) is 12.1. The molecule has 1 unspecified atom stereocenters. The zero-order valence-electron chi connectivity index (χ0n) is 14.9. The van der Waals surface area contributed by atoms with E-state index in [9.17, 15) is 4.79 Å². The topological polar surface area (TPSA) is 63.4 Å². The zero-order chi connectivity index (χ0) is 18.8. The minimum atomic E-state index is -0.119. The minimum absolute atomic E-state index is 0.119. The van der Waals surface area contributed by atoms with Gasteiger partial charge in [0.25, 0.3) is 0 Å². The van der Waals surface area contributed by atoms with Crippen molar-refractivity contribution in [1.82, 2.24) is 24.7 Å². The lowest BCUT2D eigenvalue weighted by Crippen LogP contribution is -2.44. The van der Waals surface area contributed by atoms with Gasteiger partial charge in [-0.3, -0.25) is 4.79 Å². The molecular weight excluding hydrogens is 493 g/mol. The first-order valence-electron chi connectivity index (χ1n) is 9.05. The summed E-state index contributed by atoms with van der Waals surface area (Å²) in [5, 5.41) is 15.9. The van der Waals surface area contributed by atoms with Crippen molar-refractivity contribution in [3.63, 3.8) is 0 Å². The third-order valence-electron chi connectivity index (χ3n) is 4.60. The lowest BCUT2D eigenvalue weighted by molar-refractivity contribution is -0.131. The van der Waals surface area contributed by atoms with Crippen molar-refractivity contribution in [2.75, 3.05) is 6.54 Å². The second kappa shape index (κ2) is 8.44. The maximum absolute atomic E-state index is 13.1. The second-order valence-electron chi connectivity index (χ2n) is 6.42. The molecule has 1 aliphatic rings. The summed E-state index contributed by atoms with van der Waals surface area (Å²) in [6.07, 6.45) is 4.17. The first kappa shape index (κ1) is 19.1. The van der Waals surface area contributed by atoms with Gasteiger partial charge in [-0.1, -0.05) is 47.3 Å². The number of aromatic nitrogens is 4. The molecule has 0 spiro atoms. The highest BCUT2D eigenvalue weighted by molar-refractivity contribution is 14.1. The minimum Gasteiger partial charge on any atom is -0.330 e. The van der Waals surface area contributed by atoms with Crippen LogP contribution in [-0.2, 0) is 4.79 Å². The van der Waals surface area contributed by atoms with Gasteiger partial charge in [-0.05, 0) is 49.3 Å². The fourth-order valence-electron chi connectivity index (χ4n) is 3.17. The predicted octanol–water partition coefficient (Wildman–Crippen LogP) is 4.50. The molecule has 0 radical (unpaired) electrons. The van der Waals surface area contributed by atoms with Gasteiger partial charge in [0, 0.05) is 6.54 Å². The van der Waals surface area contributed by atoms with Crippen molar-refractivity contribution in [2.45, 2.75) is 46.9 Å². The normalized spacial score (nSPS) is 18.7. The highest BCUT2D eigenvalue weighted by Gasteiger charge is 2.30. The number of hydrogen-bond donors (Lipinski definition) is 0. The lowest BCUT2D eigenvalue weighted by Gasteiger charge is -2.34. The maximum atomic E-state index is 13.1. The van der Waals surface area contributed by atoms with E-state index in [4.69, 9.17) is 5.10 Å². The Hall–Kier alpha value is -1.20. The van der Waals surface area contributed by atoms with Crippen LogP contribution >= 0.6 is 45.7 Å². The third-order valence-corrected chi connectivity index (χ3v) is 8.04. The number of hydrogen-bond acceptors (Lipinski definition) is 6. The smallest absolute Gasteiger partial charge is 0.236 e. The van der Waals surface area contributed by atoms with E-state index < -0.39 is 0 Å². The van der Waals surface area contributed by atoms with Crippen molar-refractivity contribution >= 4 is 57.2 Å². The summed E-state index contributed by atoms with van der Waals surface area (Å²) in [5.41, 5.74) is 0.713. The van der Waals surface area contributed by atoms with E-state index in [2.05, 4.69) is 39.7 Å². The van der Waals surface area contributed by atoms with Crippen molar-refractivity contribution in [1.29, 1.82) is 0 Å². The van der Waals surface area contributed by atoms with E-state index in [-0.39, 0.29) is 11.2 Å².